The summed E-state index contributed by atoms with van der Waals surface area (Å²) in [6.07, 6.45) is 1.75. The molecule has 2 heterocycles. The van der Waals surface area contributed by atoms with Crippen molar-refractivity contribution in [3.63, 3.8) is 0 Å². The van der Waals surface area contributed by atoms with E-state index < -0.39 is 0 Å². The van der Waals surface area contributed by atoms with Gasteiger partial charge in [-0.3, -0.25) is 14.9 Å². The Hall–Kier alpha value is -2.93. The molecule has 0 aromatic heterocycles. The molecule has 2 aliphatic heterocycles. The van der Waals surface area contributed by atoms with Crippen LogP contribution in [0.15, 0.2) is 35.2 Å². The molecule has 4 rings (SSSR count). The highest BCUT2D eigenvalue weighted by Crippen LogP contribution is 2.43. The summed E-state index contributed by atoms with van der Waals surface area (Å²) in [5.74, 6) is 0.418. The van der Waals surface area contributed by atoms with Gasteiger partial charge in [-0.05, 0) is 93.4 Å². The summed E-state index contributed by atoms with van der Waals surface area (Å²) in [5.41, 5.74) is 6.57. The molecule has 2 aliphatic rings. The fraction of sp³-hybridized carbons (Fsp3) is 0.385. The molecule has 2 aromatic rings. The molecule has 174 valence electrons. The first-order chi connectivity index (χ1) is 15.7. The van der Waals surface area contributed by atoms with Crippen LogP contribution >= 0.6 is 11.8 Å². The van der Waals surface area contributed by atoms with Crippen molar-refractivity contribution in [1.29, 1.82) is 0 Å². The van der Waals surface area contributed by atoms with E-state index in [1.807, 2.05) is 18.2 Å². The molecule has 1 saturated heterocycles. The fourth-order valence-electron chi connectivity index (χ4n) is 4.56. The SMILES string of the molecule is COc1ccc(C=C2SC(=O)NC2=O)cc1-c1cc2c(cc1C)N(C(C)C)CCN2C(C)C. The quantitative estimate of drug-likeness (QED) is 0.594. The van der Waals surface area contributed by atoms with Crippen LogP contribution in [-0.4, -0.2) is 43.4 Å². The van der Waals surface area contributed by atoms with Crippen molar-refractivity contribution >= 4 is 40.4 Å². The van der Waals surface area contributed by atoms with E-state index in [0.29, 0.717) is 17.0 Å². The van der Waals surface area contributed by atoms with Crippen molar-refractivity contribution in [2.45, 2.75) is 46.7 Å². The first kappa shape index (κ1) is 23.2. The number of anilines is 2. The number of carbonyl (C=O) groups is 2. The predicted octanol–water partition coefficient (Wildman–Crippen LogP) is 5.44. The first-order valence-corrected chi connectivity index (χ1v) is 12.1. The number of methoxy groups -OCH3 is 1. The number of carbonyl (C=O) groups excluding carboxylic acids is 2. The number of imide groups is 1. The zero-order chi connectivity index (χ0) is 23.9. The van der Waals surface area contributed by atoms with Crippen LogP contribution in [-0.2, 0) is 4.79 Å². The summed E-state index contributed by atoms with van der Waals surface area (Å²) in [5, 5.41) is 1.97. The maximum atomic E-state index is 12.0. The van der Waals surface area contributed by atoms with Crippen LogP contribution in [0.1, 0.15) is 38.8 Å². The smallest absolute Gasteiger partial charge is 0.290 e. The number of amides is 2. The minimum atomic E-state index is -0.353. The topological polar surface area (TPSA) is 61.9 Å². The second-order valence-corrected chi connectivity index (χ2v) is 10.1. The largest absolute Gasteiger partial charge is 0.496 e. The summed E-state index contributed by atoms with van der Waals surface area (Å²) in [6.45, 7) is 13.0. The van der Waals surface area contributed by atoms with E-state index >= 15 is 0 Å². The summed E-state index contributed by atoms with van der Waals surface area (Å²) in [7, 11) is 1.67. The first-order valence-electron chi connectivity index (χ1n) is 11.3. The molecule has 2 amide bonds. The molecule has 0 aliphatic carbocycles. The number of nitrogens with zero attached hydrogens (tertiary/aromatic N) is 2. The Labute approximate surface area is 200 Å². The molecule has 0 unspecified atom stereocenters. The average Bonchev–Trinajstić information content (AvgIpc) is 3.08. The second kappa shape index (κ2) is 9.14. The number of benzene rings is 2. The minimum absolute atomic E-state index is 0.339. The van der Waals surface area contributed by atoms with Gasteiger partial charge in [0.25, 0.3) is 11.1 Å². The van der Waals surface area contributed by atoms with E-state index in [1.54, 1.807) is 13.2 Å². The Bertz CT molecular complexity index is 1140. The van der Waals surface area contributed by atoms with Gasteiger partial charge in [-0.25, -0.2) is 0 Å². The van der Waals surface area contributed by atoms with Gasteiger partial charge in [0.05, 0.1) is 23.4 Å². The lowest BCUT2D eigenvalue weighted by molar-refractivity contribution is -0.115. The lowest BCUT2D eigenvalue weighted by Gasteiger charge is -2.43. The van der Waals surface area contributed by atoms with Crippen LogP contribution < -0.4 is 19.9 Å². The third kappa shape index (κ3) is 4.47. The zero-order valence-corrected chi connectivity index (χ0v) is 20.9. The minimum Gasteiger partial charge on any atom is -0.496 e. The van der Waals surface area contributed by atoms with Crippen molar-refractivity contribution in [2.24, 2.45) is 0 Å². The Morgan fingerprint density at radius 3 is 2.15 bits per heavy atom. The summed E-state index contributed by atoms with van der Waals surface area (Å²) in [6, 6.07) is 11.2. The standard InChI is InChI=1S/C26H31N3O3S/c1-15(2)28-9-10-29(16(3)4)22-14-19(17(5)11-21(22)28)20-12-18(7-8-23(20)32-6)13-24-25(30)27-26(31)33-24/h7-8,11-16H,9-10H2,1-6H3,(H,27,30,31). The van der Waals surface area contributed by atoms with Gasteiger partial charge < -0.3 is 14.5 Å². The molecular weight excluding hydrogens is 434 g/mol. The van der Waals surface area contributed by atoms with E-state index in [-0.39, 0.29) is 11.1 Å². The third-order valence-corrected chi connectivity index (χ3v) is 7.03. The van der Waals surface area contributed by atoms with Gasteiger partial charge in [0.2, 0.25) is 0 Å². The van der Waals surface area contributed by atoms with Crippen molar-refractivity contribution in [2.75, 3.05) is 30.0 Å². The monoisotopic (exact) mass is 465 g/mol. The summed E-state index contributed by atoms with van der Waals surface area (Å²) in [4.78, 5) is 28.9. The normalized spacial score (nSPS) is 17.3. The van der Waals surface area contributed by atoms with E-state index in [4.69, 9.17) is 4.74 Å². The summed E-state index contributed by atoms with van der Waals surface area (Å²) < 4.78 is 5.71. The van der Waals surface area contributed by atoms with Gasteiger partial charge in [-0.2, -0.15) is 0 Å². The van der Waals surface area contributed by atoms with Gasteiger partial charge in [-0.1, -0.05) is 6.07 Å². The van der Waals surface area contributed by atoms with Gasteiger partial charge in [0.15, 0.2) is 0 Å². The molecule has 0 bridgehead atoms. The molecule has 33 heavy (non-hydrogen) atoms. The number of aryl methyl sites for hydroxylation is 1. The number of hydrogen-bond acceptors (Lipinski definition) is 6. The Morgan fingerprint density at radius 2 is 1.61 bits per heavy atom. The van der Waals surface area contributed by atoms with Crippen LogP contribution in [0.25, 0.3) is 17.2 Å². The molecule has 1 N–H and O–H groups in total. The molecule has 2 aromatic carbocycles. The Balaban J connectivity index is 1.85. The molecule has 0 atom stereocenters. The van der Waals surface area contributed by atoms with E-state index in [0.717, 1.165) is 52.9 Å². The predicted molar refractivity (Wildman–Crippen MR) is 137 cm³/mol. The molecule has 0 radical (unpaired) electrons. The molecule has 7 heteroatoms. The van der Waals surface area contributed by atoms with E-state index in [2.05, 4.69) is 61.9 Å². The Kier molecular flexibility index (Phi) is 6.43. The molecule has 0 saturated carbocycles. The number of ether oxygens (including phenoxy) is 1. The van der Waals surface area contributed by atoms with Crippen LogP contribution in [0.5, 0.6) is 5.75 Å². The van der Waals surface area contributed by atoms with Gasteiger partial charge in [0.1, 0.15) is 5.75 Å². The third-order valence-electron chi connectivity index (χ3n) is 6.22. The second-order valence-electron chi connectivity index (χ2n) is 9.04. The van der Waals surface area contributed by atoms with Gasteiger partial charge in [-0.15, -0.1) is 0 Å². The highest BCUT2D eigenvalue weighted by Gasteiger charge is 2.28. The number of nitrogens with one attached hydrogen (secondary N) is 1. The van der Waals surface area contributed by atoms with Crippen molar-refractivity contribution in [3.05, 3.63) is 46.4 Å². The lowest BCUT2D eigenvalue weighted by Crippen LogP contribution is -2.46. The Morgan fingerprint density at radius 1 is 0.970 bits per heavy atom. The number of rotatable bonds is 5. The van der Waals surface area contributed by atoms with E-state index in [9.17, 15) is 9.59 Å². The summed E-state index contributed by atoms with van der Waals surface area (Å²) >= 11 is 0.926. The number of thioether (sulfide) groups is 1. The molecule has 0 spiro atoms. The maximum Gasteiger partial charge on any atom is 0.290 e. The molecule has 1 fully saturated rings. The van der Waals surface area contributed by atoms with Crippen LogP contribution in [0.3, 0.4) is 0 Å². The van der Waals surface area contributed by atoms with Gasteiger partial charge >= 0.3 is 0 Å². The maximum absolute atomic E-state index is 12.0. The molecular formula is C26H31N3O3S. The average molecular weight is 466 g/mol. The zero-order valence-electron chi connectivity index (χ0n) is 20.1. The highest BCUT2D eigenvalue weighted by molar-refractivity contribution is 8.18. The number of hydrogen-bond donors (Lipinski definition) is 1. The fourth-order valence-corrected chi connectivity index (χ4v) is 5.24. The van der Waals surface area contributed by atoms with E-state index in [1.165, 1.54) is 11.4 Å². The van der Waals surface area contributed by atoms with Crippen LogP contribution in [0.4, 0.5) is 16.2 Å². The van der Waals surface area contributed by atoms with Crippen molar-refractivity contribution < 1.29 is 14.3 Å². The van der Waals surface area contributed by atoms with Crippen LogP contribution in [0.2, 0.25) is 0 Å². The van der Waals surface area contributed by atoms with Crippen molar-refractivity contribution in [3.8, 4) is 16.9 Å². The van der Waals surface area contributed by atoms with Gasteiger partial charge in [0, 0.05) is 30.7 Å². The highest BCUT2D eigenvalue weighted by atomic mass is 32.2. The van der Waals surface area contributed by atoms with Crippen LogP contribution in [0, 0.1) is 6.92 Å². The van der Waals surface area contributed by atoms with Crippen molar-refractivity contribution in [1.82, 2.24) is 5.32 Å². The lowest BCUT2D eigenvalue weighted by atomic mass is 9.94. The molecule has 6 nitrogen and oxygen atoms in total. The number of fused-ring (bicyclic) bond motifs is 1.